The molecule has 0 unspecified atom stereocenters. The number of aromatic nitrogens is 1. The summed E-state index contributed by atoms with van der Waals surface area (Å²) >= 11 is 0. The van der Waals surface area contributed by atoms with E-state index in [4.69, 9.17) is 0 Å². The standard InChI is InChI=1S/C11H15N3O2/c1-2-11(6-4-7-11)13-9-5-3-8-12-10(9)14(15)16/h3,5,8,13H,2,4,6-7H2,1H3. The zero-order valence-electron chi connectivity index (χ0n) is 9.27. The second kappa shape index (κ2) is 4.08. The van der Waals surface area contributed by atoms with Crippen molar-refractivity contribution in [3.05, 3.63) is 28.4 Å². The molecule has 0 saturated heterocycles. The van der Waals surface area contributed by atoms with E-state index in [1.54, 1.807) is 12.1 Å². The van der Waals surface area contributed by atoms with Gasteiger partial charge < -0.3 is 15.4 Å². The van der Waals surface area contributed by atoms with Crippen molar-refractivity contribution in [2.75, 3.05) is 5.32 Å². The van der Waals surface area contributed by atoms with Crippen LogP contribution in [0.4, 0.5) is 11.5 Å². The van der Waals surface area contributed by atoms with Crippen LogP contribution in [0.25, 0.3) is 0 Å². The first-order valence-electron chi connectivity index (χ1n) is 5.54. The number of hydrogen-bond acceptors (Lipinski definition) is 4. The lowest BCUT2D eigenvalue weighted by Crippen LogP contribution is -2.44. The Hall–Kier alpha value is -1.65. The fraction of sp³-hybridized carbons (Fsp3) is 0.545. The number of hydrogen-bond donors (Lipinski definition) is 1. The van der Waals surface area contributed by atoms with Crippen LogP contribution in [0.1, 0.15) is 32.6 Å². The minimum absolute atomic E-state index is 0.0494. The molecule has 0 aliphatic heterocycles. The molecule has 0 amide bonds. The predicted octanol–water partition coefficient (Wildman–Crippen LogP) is 2.73. The van der Waals surface area contributed by atoms with Crippen molar-refractivity contribution in [3.8, 4) is 0 Å². The minimum Gasteiger partial charge on any atom is -0.373 e. The van der Waals surface area contributed by atoms with Crippen molar-refractivity contribution in [1.82, 2.24) is 4.98 Å². The van der Waals surface area contributed by atoms with E-state index in [-0.39, 0.29) is 11.4 Å². The lowest BCUT2D eigenvalue weighted by atomic mass is 9.74. The molecule has 0 radical (unpaired) electrons. The van der Waals surface area contributed by atoms with Crippen molar-refractivity contribution in [2.45, 2.75) is 38.1 Å². The SMILES string of the molecule is CCC1(Nc2cccnc2[N+](=O)[O-])CCC1. The van der Waals surface area contributed by atoms with Gasteiger partial charge in [-0.2, -0.15) is 0 Å². The number of rotatable bonds is 4. The summed E-state index contributed by atoms with van der Waals surface area (Å²) in [5.41, 5.74) is 0.586. The van der Waals surface area contributed by atoms with Gasteiger partial charge >= 0.3 is 5.82 Å². The number of nitrogens with zero attached hydrogens (tertiary/aromatic N) is 2. The smallest absolute Gasteiger partial charge is 0.373 e. The molecule has 1 saturated carbocycles. The highest BCUT2D eigenvalue weighted by Gasteiger charge is 2.36. The normalized spacial score (nSPS) is 17.6. The van der Waals surface area contributed by atoms with Crippen LogP contribution in [0.5, 0.6) is 0 Å². The Labute approximate surface area is 94.0 Å². The molecule has 0 atom stereocenters. The molecule has 86 valence electrons. The van der Waals surface area contributed by atoms with E-state index in [0.29, 0.717) is 5.69 Å². The summed E-state index contributed by atoms with van der Waals surface area (Å²) in [6.07, 6.45) is 5.78. The second-order valence-corrected chi connectivity index (χ2v) is 4.24. The molecule has 16 heavy (non-hydrogen) atoms. The van der Waals surface area contributed by atoms with E-state index < -0.39 is 4.92 Å². The van der Waals surface area contributed by atoms with Gasteiger partial charge in [0.05, 0.1) is 0 Å². The molecule has 5 nitrogen and oxygen atoms in total. The number of nitrogens with one attached hydrogen (secondary N) is 1. The molecule has 1 aliphatic carbocycles. The van der Waals surface area contributed by atoms with Crippen molar-refractivity contribution >= 4 is 11.5 Å². The summed E-state index contributed by atoms with van der Waals surface area (Å²) in [6, 6.07) is 3.44. The Morgan fingerprint density at radius 1 is 1.62 bits per heavy atom. The lowest BCUT2D eigenvalue weighted by Gasteiger charge is -2.42. The van der Waals surface area contributed by atoms with Crippen LogP contribution < -0.4 is 5.32 Å². The van der Waals surface area contributed by atoms with Gasteiger partial charge in [0.2, 0.25) is 0 Å². The molecule has 1 aliphatic rings. The first-order chi connectivity index (χ1) is 7.67. The van der Waals surface area contributed by atoms with Gasteiger partial charge in [-0.15, -0.1) is 0 Å². The van der Waals surface area contributed by atoms with Gasteiger partial charge in [0, 0.05) is 5.54 Å². The van der Waals surface area contributed by atoms with Gasteiger partial charge in [0.15, 0.2) is 0 Å². The Bertz CT molecular complexity index is 396. The highest BCUT2D eigenvalue weighted by molar-refractivity contribution is 5.58. The van der Waals surface area contributed by atoms with Crippen LogP contribution in [0.3, 0.4) is 0 Å². The molecular weight excluding hydrogens is 206 g/mol. The molecule has 1 aromatic heterocycles. The van der Waals surface area contributed by atoms with Crippen LogP contribution in [-0.4, -0.2) is 15.4 Å². The van der Waals surface area contributed by atoms with Crippen LogP contribution in [0.15, 0.2) is 18.3 Å². The topological polar surface area (TPSA) is 68.1 Å². The summed E-state index contributed by atoms with van der Waals surface area (Å²) < 4.78 is 0. The number of anilines is 1. The third kappa shape index (κ3) is 1.85. The van der Waals surface area contributed by atoms with E-state index in [1.807, 2.05) is 0 Å². The molecule has 1 N–H and O–H groups in total. The van der Waals surface area contributed by atoms with Crippen molar-refractivity contribution in [3.63, 3.8) is 0 Å². The molecule has 1 fully saturated rings. The van der Waals surface area contributed by atoms with Crippen molar-refractivity contribution in [1.29, 1.82) is 0 Å². The Kier molecular flexibility index (Phi) is 2.77. The first-order valence-corrected chi connectivity index (χ1v) is 5.54. The Morgan fingerprint density at radius 2 is 2.38 bits per heavy atom. The monoisotopic (exact) mass is 221 g/mol. The van der Waals surface area contributed by atoms with E-state index in [9.17, 15) is 10.1 Å². The van der Waals surface area contributed by atoms with E-state index >= 15 is 0 Å². The van der Waals surface area contributed by atoms with Crippen molar-refractivity contribution in [2.24, 2.45) is 0 Å². The summed E-state index contributed by atoms with van der Waals surface area (Å²) in [5, 5.41) is 14.1. The molecule has 2 rings (SSSR count). The highest BCUT2D eigenvalue weighted by atomic mass is 16.6. The average molecular weight is 221 g/mol. The largest absolute Gasteiger partial charge is 0.386 e. The first kappa shape index (κ1) is 10.9. The van der Waals surface area contributed by atoms with Gasteiger partial charge in [0.25, 0.3) is 0 Å². The summed E-state index contributed by atoms with van der Waals surface area (Å²) in [7, 11) is 0. The van der Waals surface area contributed by atoms with Crippen LogP contribution in [0.2, 0.25) is 0 Å². The maximum Gasteiger partial charge on any atom is 0.386 e. The third-order valence-corrected chi connectivity index (χ3v) is 3.35. The average Bonchev–Trinajstić information content (AvgIpc) is 2.24. The molecule has 0 aromatic carbocycles. The van der Waals surface area contributed by atoms with E-state index in [1.165, 1.54) is 12.6 Å². The highest BCUT2D eigenvalue weighted by Crippen LogP contribution is 2.39. The zero-order valence-corrected chi connectivity index (χ0v) is 9.27. The Morgan fingerprint density at radius 3 is 2.88 bits per heavy atom. The van der Waals surface area contributed by atoms with Crippen LogP contribution >= 0.6 is 0 Å². The maximum atomic E-state index is 10.8. The van der Waals surface area contributed by atoms with E-state index in [0.717, 1.165) is 19.3 Å². The lowest BCUT2D eigenvalue weighted by molar-refractivity contribution is -0.388. The molecule has 5 heteroatoms. The molecule has 0 spiro atoms. The predicted molar refractivity (Wildman–Crippen MR) is 61.4 cm³/mol. The van der Waals surface area contributed by atoms with Gasteiger partial charge in [-0.25, -0.2) is 0 Å². The van der Waals surface area contributed by atoms with Gasteiger partial charge in [0.1, 0.15) is 11.9 Å². The maximum absolute atomic E-state index is 10.8. The molecular formula is C11H15N3O2. The zero-order chi connectivity index (χ0) is 11.6. The fourth-order valence-electron chi connectivity index (χ4n) is 2.10. The molecule has 1 heterocycles. The second-order valence-electron chi connectivity index (χ2n) is 4.24. The van der Waals surface area contributed by atoms with Gasteiger partial charge in [-0.3, -0.25) is 0 Å². The fourth-order valence-corrected chi connectivity index (χ4v) is 2.10. The Balaban J connectivity index is 2.23. The molecule has 0 bridgehead atoms. The number of nitro groups is 1. The summed E-state index contributed by atoms with van der Waals surface area (Å²) in [6.45, 7) is 2.11. The summed E-state index contributed by atoms with van der Waals surface area (Å²) in [5.74, 6) is -0.0813. The van der Waals surface area contributed by atoms with Crippen LogP contribution in [0, 0.1) is 10.1 Å². The third-order valence-electron chi connectivity index (χ3n) is 3.35. The van der Waals surface area contributed by atoms with Gasteiger partial charge in [-0.05, 0) is 47.7 Å². The summed E-state index contributed by atoms with van der Waals surface area (Å²) in [4.78, 5) is 14.2. The van der Waals surface area contributed by atoms with E-state index in [2.05, 4.69) is 17.2 Å². The number of pyridine rings is 1. The quantitative estimate of drug-likeness (QED) is 0.627. The minimum atomic E-state index is -0.440. The van der Waals surface area contributed by atoms with Gasteiger partial charge in [-0.1, -0.05) is 6.92 Å². The van der Waals surface area contributed by atoms with Crippen molar-refractivity contribution < 1.29 is 4.92 Å². The van der Waals surface area contributed by atoms with Crippen LogP contribution in [-0.2, 0) is 0 Å². The molecule has 1 aromatic rings.